The molecule has 1 aromatic heterocycles. The van der Waals surface area contributed by atoms with E-state index in [9.17, 15) is 10.1 Å². The molecule has 0 unspecified atom stereocenters. The minimum absolute atomic E-state index is 0.0700. The zero-order valence-corrected chi connectivity index (χ0v) is 13.0. The Bertz CT molecular complexity index is 813. The number of benzene rings is 2. The van der Waals surface area contributed by atoms with Gasteiger partial charge < -0.3 is 10.1 Å². The second-order valence-electron chi connectivity index (χ2n) is 4.70. The van der Waals surface area contributed by atoms with Crippen LogP contribution in [-0.2, 0) is 0 Å². The predicted molar refractivity (Wildman–Crippen MR) is 90.5 cm³/mol. The first-order valence-corrected chi connectivity index (χ1v) is 7.65. The number of aromatic nitrogens is 1. The van der Waals surface area contributed by atoms with E-state index in [0.29, 0.717) is 0 Å². The van der Waals surface area contributed by atoms with Crippen molar-refractivity contribution in [2.75, 3.05) is 12.4 Å². The molecule has 3 aromatic rings. The highest BCUT2D eigenvalue weighted by molar-refractivity contribution is 7.14. The Morgan fingerprint density at radius 3 is 2.43 bits per heavy atom. The zero-order chi connectivity index (χ0) is 16.2. The fraction of sp³-hybridized carbons (Fsp3) is 0.0625. The van der Waals surface area contributed by atoms with Crippen LogP contribution in [0.25, 0.3) is 11.3 Å². The molecule has 0 atom stereocenters. The van der Waals surface area contributed by atoms with Crippen LogP contribution < -0.4 is 10.1 Å². The summed E-state index contributed by atoms with van der Waals surface area (Å²) < 4.78 is 5.12. The first-order chi connectivity index (χ1) is 11.2. The van der Waals surface area contributed by atoms with Crippen molar-refractivity contribution in [2.24, 2.45) is 0 Å². The van der Waals surface area contributed by atoms with E-state index in [1.54, 1.807) is 19.2 Å². The van der Waals surface area contributed by atoms with Gasteiger partial charge >= 0.3 is 0 Å². The summed E-state index contributed by atoms with van der Waals surface area (Å²) in [5.41, 5.74) is 2.60. The summed E-state index contributed by atoms with van der Waals surface area (Å²) in [6.07, 6.45) is 0. The fourth-order valence-corrected chi connectivity index (χ4v) is 2.76. The number of ether oxygens (including phenoxy) is 1. The maximum Gasteiger partial charge on any atom is 0.269 e. The molecule has 116 valence electrons. The summed E-state index contributed by atoms with van der Waals surface area (Å²) in [5.74, 6) is 0.793. The number of nitrogens with zero attached hydrogens (tertiary/aromatic N) is 2. The van der Waals surface area contributed by atoms with Crippen LogP contribution >= 0.6 is 11.3 Å². The van der Waals surface area contributed by atoms with Crippen LogP contribution in [0.5, 0.6) is 5.75 Å². The van der Waals surface area contributed by atoms with Crippen molar-refractivity contribution < 1.29 is 9.66 Å². The third kappa shape index (κ3) is 3.46. The molecule has 0 aliphatic carbocycles. The summed E-state index contributed by atoms with van der Waals surface area (Å²) in [5, 5.41) is 16.6. The van der Waals surface area contributed by atoms with Crippen molar-refractivity contribution in [2.45, 2.75) is 0 Å². The van der Waals surface area contributed by atoms with Crippen molar-refractivity contribution >= 4 is 27.8 Å². The topological polar surface area (TPSA) is 77.3 Å². The molecular weight excluding hydrogens is 314 g/mol. The molecule has 7 heteroatoms. The van der Waals surface area contributed by atoms with Gasteiger partial charge in [-0.25, -0.2) is 4.98 Å². The number of nitro groups is 1. The van der Waals surface area contributed by atoms with Gasteiger partial charge in [0, 0.05) is 28.8 Å². The molecule has 0 saturated carbocycles. The molecule has 0 saturated heterocycles. The quantitative estimate of drug-likeness (QED) is 0.552. The van der Waals surface area contributed by atoms with E-state index in [0.717, 1.165) is 27.8 Å². The Balaban J connectivity index is 1.75. The fourth-order valence-electron chi connectivity index (χ4n) is 2.02. The Morgan fingerprint density at radius 2 is 1.83 bits per heavy atom. The van der Waals surface area contributed by atoms with Crippen molar-refractivity contribution in [3.05, 3.63) is 64.0 Å². The summed E-state index contributed by atoms with van der Waals surface area (Å²) in [4.78, 5) is 14.8. The first-order valence-electron chi connectivity index (χ1n) is 6.77. The van der Waals surface area contributed by atoms with E-state index in [2.05, 4.69) is 10.3 Å². The molecule has 2 aromatic carbocycles. The minimum atomic E-state index is -0.415. The van der Waals surface area contributed by atoms with Crippen molar-refractivity contribution in [3.8, 4) is 17.0 Å². The lowest BCUT2D eigenvalue weighted by molar-refractivity contribution is -0.384. The Morgan fingerprint density at radius 1 is 1.13 bits per heavy atom. The van der Waals surface area contributed by atoms with Crippen molar-refractivity contribution in [3.63, 3.8) is 0 Å². The third-order valence-corrected chi connectivity index (χ3v) is 3.98. The standard InChI is InChI=1S/C16H13N3O3S/c1-22-14-8-4-12(5-9-14)17-16-18-15(10-23-16)11-2-6-13(7-3-11)19(20)21/h2-10H,1H3,(H,17,18). The van der Waals surface area contributed by atoms with Gasteiger partial charge in [-0.3, -0.25) is 10.1 Å². The molecule has 23 heavy (non-hydrogen) atoms. The summed E-state index contributed by atoms with van der Waals surface area (Å²) >= 11 is 1.47. The molecule has 0 spiro atoms. The first kappa shape index (κ1) is 15.0. The SMILES string of the molecule is COc1ccc(Nc2nc(-c3ccc([N+](=O)[O-])cc3)cs2)cc1. The van der Waals surface area contributed by atoms with Crippen molar-refractivity contribution in [1.82, 2.24) is 4.98 Å². The van der Waals surface area contributed by atoms with E-state index in [1.807, 2.05) is 29.6 Å². The largest absolute Gasteiger partial charge is 0.497 e. The third-order valence-electron chi connectivity index (χ3n) is 3.22. The van der Waals surface area contributed by atoms with Gasteiger partial charge in [-0.05, 0) is 36.4 Å². The van der Waals surface area contributed by atoms with E-state index < -0.39 is 4.92 Å². The molecule has 0 aliphatic heterocycles. The summed E-state index contributed by atoms with van der Waals surface area (Å²) in [6, 6.07) is 13.9. The molecule has 0 amide bonds. The van der Waals surface area contributed by atoms with Gasteiger partial charge in [0.2, 0.25) is 0 Å². The number of thiazole rings is 1. The number of rotatable bonds is 5. The predicted octanol–water partition coefficient (Wildman–Crippen LogP) is 4.47. The van der Waals surface area contributed by atoms with Crippen LogP contribution in [0.1, 0.15) is 0 Å². The molecule has 1 heterocycles. The average Bonchev–Trinajstić information content (AvgIpc) is 3.04. The second kappa shape index (κ2) is 6.45. The van der Waals surface area contributed by atoms with Gasteiger partial charge in [-0.2, -0.15) is 0 Å². The number of hydrogen-bond acceptors (Lipinski definition) is 6. The van der Waals surface area contributed by atoms with Crippen LogP contribution in [0, 0.1) is 10.1 Å². The Labute approximate surface area is 136 Å². The molecular formula is C16H13N3O3S. The second-order valence-corrected chi connectivity index (χ2v) is 5.55. The monoisotopic (exact) mass is 327 g/mol. The highest BCUT2D eigenvalue weighted by Gasteiger charge is 2.08. The number of anilines is 2. The number of non-ortho nitro benzene ring substituents is 1. The lowest BCUT2D eigenvalue weighted by atomic mass is 10.1. The van der Waals surface area contributed by atoms with Gasteiger partial charge in [-0.1, -0.05) is 0 Å². The van der Waals surface area contributed by atoms with Gasteiger partial charge in [0.15, 0.2) is 5.13 Å². The molecule has 0 radical (unpaired) electrons. The molecule has 0 bridgehead atoms. The zero-order valence-electron chi connectivity index (χ0n) is 12.2. The molecule has 3 rings (SSSR count). The van der Waals surface area contributed by atoms with Gasteiger partial charge in [-0.15, -0.1) is 11.3 Å². The number of methoxy groups -OCH3 is 1. The summed E-state index contributed by atoms with van der Waals surface area (Å²) in [7, 11) is 1.62. The van der Waals surface area contributed by atoms with Gasteiger partial charge in [0.25, 0.3) is 5.69 Å². The maximum atomic E-state index is 10.7. The smallest absolute Gasteiger partial charge is 0.269 e. The molecule has 0 aliphatic rings. The highest BCUT2D eigenvalue weighted by atomic mass is 32.1. The van der Waals surface area contributed by atoms with E-state index >= 15 is 0 Å². The minimum Gasteiger partial charge on any atom is -0.497 e. The lowest BCUT2D eigenvalue weighted by Crippen LogP contribution is -1.90. The Hall–Kier alpha value is -2.93. The van der Waals surface area contributed by atoms with E-state index in [4.69, 9.17) is 4.74 Å². The van der Waals surface area contributed by atoms with Crippen LogP contribution in [0.4, 0.5) is 16.5 Å². The van der Waals surface area contributed by atoms with E-state index in [-0.39, 0.29) is 5.69 Å². The average molecular weight is 327 g/mol. The van der Waals surface area contributed by atoms with Crippen LogP contribution in [0.15, 0.2) is 53.9 Å². The number of nitro benzene ring substituents is 1. The normalized spacial score (nSPS) is 10.3. The molecule has 6 nitrogen and oxygen atoms in total. The van der Waals surface area contributed by atoms with Crippen LogP contribution in [-0.4, -0.2) is 17.0 Å². The Kier molecular flexibility index (Phi) is 4.20. The molecule has 0 fully saturated rings. The van der Waals surface area contributed by atoms with E-state index in [1.165, 1.54) is 23.5 Å². The highest BCUT2D eigenvalue weighted by Crippen LogP contribution is 2.28. The van der Waals surface area contributed by atoms with Gasteiger partial charge in [0.1, 0.15) is 5.75 Å². The number of nitrogens with one attached hydrogen (secondary N) is 1. The van der Waals surface area contributed by atoms with Crippen LogP contribution in [0.3, 0.4) is 0 Å². The number of hydrogen-bond donors (Lipinski definition) is 1. The summed E-state index contributed by atoms with van der Waals surface area (Å²) in [6.45, 7) is 0. The maximum absolute atomic E-state index is 10.7. The van der Waals surface area contributed by atoms with Crippen molar-refractivity contribution in [1.29, 1.82) is 0 Å². The molecule has 1 N–H and O–H groups in total. The lowest BCUT2D eigenvalue weighted by Gasteiger charge is -2.04. The van der Waals surface area contributed by atoms with Crippen LogP contribution in [0.2, 0.25) is 0 Å². The van der Waals surface area contributed by atoms with Gasteiger partial charge in [0.05, 0.1) is 17.7 Å².